The van der Waals surface area contributed by atoms with Gasteiger partial charge in [-0.25, -0.2) is 5.01 Å². The Kier molecular flexibility index (Phi) is 1.16. The number of benzene rings is 1. The number of nitrogens with zero attached hydrogens (tertiary/aromatic N) is 2. The predicted octanol–water partition coefficient (Wildman–Crippen LogP) is 2.06. The zero-order valence-corrected chi connectivity index (χ0v) is 6.92. The fourth-order valence-corrected chi connectivity index (χ4v) is 1.48. The van der Waals surface area contributed by atoms with Crippen LogP contribution in [0.15, 0.2) is 48.8 Å². The van der Waals surface area contributed by atoms with E-state index in [1.165, 1.54) is 0 Å². The zero-order valence-electron chi connectivity index (χ0n) is 6.92. The summed E-state index contributed by atoms with van der Waals surface area (Å²) in [4.78, 5) is 5.53. The molecular weight excluding hydrogens is 164 g/mol. The quantitative estimate of drug-likeness (QED) is 0.595. The second-order valence-corrected chi connectivity index (χ2v) is 2.89. The Hall–Kier alpha value is -1.90. The summed E-state index contributed by atoms with van der Waals surface area (Å²) in [5.41, 5.74) is 1.07. The summed E-state index contributed by atoms with van der Waals surface area (Å²) in [6.07, 6.45) is 7.75. The average Bonchev–Trinajstić information content (AvgIpc) is 2.56. The van der Waals surface area contributed by atoms with E-state index in [1.807, 2.05) is 53.8 Å². The number of anilines is 1. The first kappa shape index (κ1) is 6.60. The molecule has 3 nitrogen and oxygen atoms in total. The van der Waals surface area contributed by atoms with Crippen molar-refractivity contribution < 1.29 is 4.84 Å². The number of hydroxylamine groups is 1. The number of hydrogen-bond acceptors (Lipinski definition) is 3. The van der Waals surface area contributed by atoms with Crippen molar-refractivity contribution in [3.05, 3.63) is 48.8 Å². The molecule has 0 spiro atoms. The third-order valence-electron chi connectivity index (χ3n) is 2.07. The van der Waals surface area contributed by atoms with Crippen LogP contribution < -0.4 is 9.85 Å². The van der Waals surface area contributed by atoms with Crippen LogP contribution in [0.4, 0.5) is 5.69 Å². The van der Waals surface area contributed by atoms with Crippen LogP contribution in [-0.2, 0) is 0 Å². The first-order chi connectivity index (χ1) is 6.45. The molecule has 0 saturated carbocycles. The maximum absolute atomic E-state index is 5.53. The van der Waals surface area contributed by atoms with Gasteiger partial charge in [0, 0.05) is 6.20 Å². The topological polar surface area (TPSA) is 15.7 Å². The lowest BCUT2D eigenvalue weighted by Gasteiger charge is -2.23. The van der Waals surface area contributed by atoms with Gasteiger partial charge in [0.1, 0.15) is 5.69 Å². The maximum atomic E-state index is 5.53. The molecule has 1 aromatic carbocycles. The number of para-hydroxylation sites is 2. The molecule has 0 fully saturated rings. The standard InChI is InChI=1S/C10H8N2O/c1-2-6-10-9(5-1)11-7-3-4-8-12(11)13-10/h1-8H. The molecule has 13 heavy (non-hydrogen) atoms. The van der Waals surface area contributed by atoms with Crippen LogP contribution in [0.3, 0.4) is 0 Å². The van der Waals surface area contributed by atoms with E-state index in [-0.39, 0.29) is 0 Å². The molecule has 2 aliphatic heterocycles. The van der Waals surface area contributed by atoms with Gasteiger partial charge < -0.3 is 4.84 Å². The molecule has 0 atom stereocenters. The minimum atomic E-state index is 0.888. The van der Waals surface area contributed by atoms with Crippen LogP contribution in [0.5, 0.6) is 5.75 Å². The van der Waals surface area contributed by atoms with Crippen molar-refractivity contribution in [1.82, 2.24) is 5.17 Å². The van der Waals surface area contributed by atoms with Gasteiger partial charge in [-0.3, -0.25) is 0 Å². The second-order valence-electron chi connectivity index (χ2n) is 2.89. The molecule has 0 aliphatic carbocycles. The maximum Gasteiger partial charge on any atom is 0.183 e. The van der Waals surface area contributed by atoms with Crippen molar-refractivity contribution in [3.8, 4) is 5.75 Å². The van der Waals surface area contributed by atoms with E-state index in [1.54, 1.807) is 5.17 Å². The van der Waals surface area contributed by atoms with Crippen molar-refractivity contribution >= 4 is 5.69 Å². The molecule has 0 unspecified atom stereocenters. The highest BCUT2D eigenvalue weighted by atomic mass is 16.7. The lowest BCUT2D eigenvalue weighted by molar-refractivity contribution is 0.0133. The van der Waals surface area contributed by atoms with Crippen molar-refractivity contribution in [2.75, 3.05) is 5.01 Å². The summed E-state index contributed by atoms with van der Waals surface area (Å²) in [6, 6.07) is 7.94. The van der Waals surface area contributed by atoms with Crippen molar-refractivity contribution in [3.63, 3.8) is 0 Å². The number of allylic oxidation sites excluding steroid dienone is 2. The summed E-state index contributed by atoms with van der Waals surface area (Å²) in [7, 11) is 0. The molecule has 0 radical (unpaired) electrons. The molecule has 2 aliphatic rings. The van der Waals surface area contributed by atoms with Gasteiger partial charge in [-0.2, -0.15) is 0 Å². The first-order valence-corrected chi connectivity index (χ1v) is 4.15. The minimum Gasteiger partial charge on any atom is -0.357 e. The smallest absolute Gasteiger partial charge is 0.183 e. The van der Waals surface area contributed by atoms with E-state index in [0.29, 0.717) is 0 Å². The highest BCUT2D eigenvalue weighted by molar-refractivity contribution is 5.62. The molecule has 0 amide bonds. The average molecular weight is 172 g/mol. The Labute approximate surface area is 76.1 Å². The van der Waals surface area contributed by atoms with Gasteiger partial charge in [-0.1, -0.05) is 12.1 Å². The van der Waals surface area contributed by atoms with Crippen LogP contribution in [0.25, 0.3) is 0 Å². The normalized spacial score (nSPS) is 16.9. The predicted molar refractivity (Wildman–Crippen MR) is 49.7 cm³/mol. The summed E-state index contributed by atoms with van der Waals surface area (Å²) >= 11 is 0. The van der Waals surface area contributed by atoms with Crippen LogP contribution in [-0.4, -0.2) is 5.17 Å². The summed E-state index contributed by atoms with van der Waals surface area (Å²) in [5.74, 6) is 0.888. The van der Waals surface area contributed by atoms with Gasteiger partial charge in [-0.15, -0.1) is 5.17 Å². The van der Waals surface area contributed by atoms with Gasteiger partial charge in [0.15, 0.2) is 5.75 Å². The monoisotopic (exact) mass is 172 g/mol. The Balaban J connectivity index is 2.12. The van der Waals surface area contributed by atoms with Gasteiger partial charge in [0.05, 0.1) is 6.20 Å². The van der Waals surface area contributed by atoms with Crippen molar-refractivity contribution in [2.45, 2.75) is 0 Å². The number of fused-ring (bicyclic) bond motifs is 3. The van der Waals surface area contributed by atoms with Crippen molar-refractivity contribution in [1.29, 1.82) is 0 Å². The lowest BCUT2D eigenvalue weighted by Crippen LogP contribution is -2.32. The molecule has 0 bridgehead atoms. The molecule has 3 heteroatoms. The molecule has 0 saturated heterocycles. The Morgan fingerprint density at radius 1 is 1.00 bits per heavy atom. The Morgan fingerprint density at radius 3 is 2.85 bits per heavy atom. The van der Waals surface area contributed by atoms with Gasteiger partial charge in [0.25, 0.3) is 0 Å². The highest BCUT2D eigenvalue weighted by Gasteiger charge is 2.25. The van der Waals surface area contributed by atoms with E-state index < -0.39 is 0 Å². The van der Waals surface area contributed by atoms with Crippen LogP contribution in [0.2, 0.25) is 0 Å². The minimum absolute atomic E-state index is 0.888. The number of rotatable bonds is 0. The molecule has 64 valence electrons. The van der Waals surface area contributed by atoms with E-state index in [0.717, 1.165) is 11.4 Å². The Morgan fingerprint density at radius 2 is 1.85 bits per heavy atom. The summed E-state index contributed by atoms with van der Waals surface area (Å²) in [5, 5.41) is 3.65. The van der Waals surface area contributed by atoms with Crippen molar-refractivity contribution in [2.24, 2.45) is 0 Å². The van der Waals surface area contributed by atoms with Crippen LogP contribution in [0, 0.1) is 0 Å². The summed E-state index contributed by atoms with van der Waals surface area (Å²) < 4.78 is 0. The third kappa shape index (κ3) is 0.839. The fraction of sp³-hybridized carbons (Fsp3) is 0. The number of hydrazine groups is 1. The largest absolute Gasteiger partial charge is 0.357 e. The van der Waals surface area contributed by atoms with Crippen LogP contribution >= 0.6 is 0 Å². The molecule has 3 rings (SSSR count). The molecule has 2 heterocycles. The van der Waals surface area contributed by atoms with Gasteiger partial charge >= 0.3 is 0 Å². The second kappa shape index (κ2) is 2.29. The van der Waals surface area contributed by atoms with Gasteiger partial charge in [0.2, 0.25) is 0 Å². The van der Waals surface area contributed by atoms with Gasteiger partial charge in [-0.05, 0) is 24.3 Å². The lowest BCUT2D eigenvalue weighted by atomic mass is 10.3. The van der Waals surface area contributed by atoms with E-state index in [9.17, 15) is 0 Å². The highest BCUT2D eigenvalue weighted by Crippen LogP contribution is 2.36. The van der Waals surface area contributed by atoms with Crippen LogP contribution in [0.1, 0.15) is 0 Å². The molecule has 0 N–H and O–H groups in total. The third-order valence-corrected chi connectivity index (χ3v) is 2.07. The first-order valence-electron chi connectivity index (χ1n) is 4.15. The van der Waals surface area contributed by atoms with E-state index in [4.69, 9.17) is 4.84 Å². The molecular formula is C10H8N2O. The molecule has 0 aromatic heterocycles. The zero-order chi connectivity index (χ0) is 8.67. The Bertz CT molecular complexity index is 398. The fourth-order valence-electron chi connectivity index (χ4n) is 1.48. The molecule has 1 aromatic rings. The van der Waals surface area contributed by atoms with E-state index >= 15 is 0 Å². The summed E-state index contributed by atoms with van der Waals surface area (Å²) in [6.45, 7) is 0. The number of hydrogen-bond donors (Lipinski definition) is 0. The SMILES string of the molecule is C1=CN2Oc3ccccc3N2C=C1. The van der Waals surface area contributed by atoms with E-state index in [2.05, 4.69) is 0 Å².